The van der Waals surface area contributed by atoms with E-state index in [1.807, 2.05) is 0 Å². The van der Waals surface area contributed by atoms with Crippen LogP contribution in [0.2, 0.25) is 0 Å². The molecule has 2 atom stereocenters. The Balaban J connectivity index is 3.90. The van der Waals surface area contributed by atoms with Crippen LogP contribution in [-0.4, -0.2) is 36.5 Å². The first-order valence-electron chi connectivity index (χ1n) is 5.37. The van der Waals surface area contributed by atoms with E-state index in [4.69, 9.17) is 9.84 Å². The van der Waals surface area contributed by atoms with Crippen molar-refractivity contribution in [2.24, 2.45) is 0 Å². The molecule has 0 rings (SSSR count). The Hall–Kier alpha value is -0.120. The molecule has 0 saturated carbocycles. The summed E-state index contributed by atoms with van der Waals surface area (Å²) in [5, 5.41) is 12.4. The lowest BCUT2D eigenvalue weighted by atomic mass is 9.99. The normalized spacial score (nSPS) is 16.7. The molecule has 0 aromatic rings. The van der Waals surface area contributed by atoms with Crippen molar-refractivity contribution in [3.05, 3.63) is 0 Å². The van der Waals surface area contributed by atoms with Crippen LogP contribution in [0.3, 0.4) is 0 Å². The Kier molecular flexibility index (Phi) is 6.33. The fourth-order valence-corrected chi connectivity index (χ4v) is 1.58. The monoisotopic (exact) mass is 203 g/mol. The molecule has 2 N–H and O–H groups in total. The Bertz CT molecular complexity index is 144. The van der Waals surface area contributed by atoms with Gasteiger partial charge >= 0.3 is 0 Å². The van der Waals surface area contributed by atoms with Gasteiger partial charge in [-0.15, -0.1) is 0 Å². The molecule has 0 aromatic carbocycles. The molecule has 0 saturated heterocycles. The number of methoxy groups -OCH3 is 1. The van der Waals surface area contributed by atoms with E-state index in [1.165, 1.54) is 0 Å². The fourth-order valence-electron chi connectivity index (χ4n) is 1.58. The summed E-state index contributed by atoms with van der Waals surface area (Å²) in [6.07, 6.45) is 1.90. The SMILES string of the molecule is CC[C@@H](CO)NC(C)CC(C)(C)OC. The van der Waals surface area contributed by atoms with Crippen molar-refractivity contribution in [2.75, 3.05) is 13.7 Å². The predicted molar refractivity (Wildman–Crippen MR) is 59.5 cm³/mol. The van der Waals surface area contributed by atoms with Gasteiger partial charge in [-0.2, -0.15) is 0 Å². The number of rotatable bonds is 7. The molecule has 1 unspecified atom stereocenters. The van der Waals surface area contributed by atoms with Gasteiger partial charge in [0.2, 0.25) is 0 Å². The van der Waals surface area contributed by atoms with E-state index in [1.54, 1.807) is 7.11 Å². The topological polar surface area (TPSA) is 41.5 Å². The zero-order valence-corrected chi connectivity index (χ0v) is 10.1. The van der Waals surface area contributed by atoms with Crippen LogP contribution in [0.25, 0.3) is 0 Å². The highest BCUT2D eigenvalue weighted by atomic mass is 16.5. The third-order valence-corrected chi connectivity index (χ3v) is 2.58. The summed E-state index contributed by atoms with van der Waals surface area (Å²) in [6.45, 7) is 8.55. The summed E-state index contributed by atoms with van der Waals surface area (Å²) in [6, 6.07) is 0.569. The Morgan fingerprint density at radius 2 is 2.00 bits per heavy atom. The lowest BCUT2D eigenvalue weighted by Gasteiger charge is -2.29. The van der Waals surface area contributed by atoms with Gasteiger partial charge in [-0.05, 0) is 33.6 Å². The second-order valence-electron chi connectivity index (χ2n) is 4.52. The average Bonchev–Trinajstić information content (AvgIpc) is 2.13. The van der Waals surface area contributed by atoms with Gasteiger partial charge in [-0.25, -0.2) is 0 Å². The van der Waals surface area contributed by atoms with Gasteiger partial charge in [-0.3, -0.25) is 0 Å². The van der Waals surface area contributed by atoms with Crippen LogP contribution >= 0.6 is 0 Å². The second-order valence-corrected chi connectivity index (χ2v) is 4.52. The number of nitrogens with one attached hydrogen (secondary N) is 1. The molecule has 0 radical (unpaired) electrons. The zero-order chi connectivity index (χ0) is 11.2. The van der Waals surface area contributed by atoms with Gasteiger partial charge in [-0.1, -0.05) is 6.92 Å². The molecule has 0 aliphatic carbocycles. The smallest absolute Gasteiger partial charge is 0.0637 e. The summed E-state index contributed by atoms with van der Waals surface area (Å²) in [7, 11) is 1.73. The minimum absolute atomic E-state index is 0.0971. The van der Waals surface area contributed by atoms with E-state index in [0.29, 0.717) is 6.04 Å². The predicted octanol–water partition coefficient (Wildman–Crippen LogP) is 1.55. The fraction of sp³-hybridized carbons (Fsp3) is 1.00. The van der Waals surface area contributed by atoms with Crippen molar-refractivity contribution in [1.29, 1.82) is 0 Å². The first-order chi connectivity index (χ1) is 6.45. The van der Waals surface area contributed by atoms with Gasteiger partial charge in [0.1, 0.15) is 0 Å². The third kappa shape index (κ3) is 5.58. The van der Waals surface area contributed by atoms with Crippen LogP contribution in [0.4, 0.5) is 0 Å². The van der Waals surface area contributed by atoms with Crippen LogP contribution in [-0.2, 0) is 4.74 Å². The molecule has 0 spiro atoms. The largest absolute Gasteiger partial charge is 0.395 e. The van der Waals surface area contributed by atoms with Crippen molar-refractivity contribution in [1.82, 2.24) is 5.32 Å². The van der Waals surface area contributed by atoms with Crippen molar-refractivity contribution < 1.29 is 9.84 Å². The molecular weight excluding hydrogens is 178 g/mol. The summed E-state index contributed by atoms with van der Waals surface area (Å²) in [4.78, 5) is 0. The third-order valence-electron chi connectivity index (χ3n) is 2.58. The Morgan fingerprint density at radius 1 is 1.43 bits per heavy atom. The molecular formula is C11H25NO2. The van der Waals surface area contributed by atoms with Crippen LogP contribution < -0.4 is 5.32 Å². The number of aliphatic hydroxyl groups is 1. The highest BCUT2D eigenvalue weighted by Gasteiger charge is 2.21. The summed E-state index contributed by atoms with van der Waals surface area (Å²) < 4.78 is 5.35. The first kappa shape index (κ1) is 13.9. The standard InChI is InChI=1S/C11H25NO2/c1-6-10(8-13)12-9(2)7-11(3,4)14-5/h9-10,12-13H,6-8H2,1-5H3/t9?,10-/m0/s1. The Labute approximate surface area is 87.8 Å². The van der Waals surface area contributed by atoms with Crippen molar-refractivity contribution in [2.45, 2.75) is 58.2 Å². The molecule has 0 amide bonds. The molecule has 14 heavy (non-hydrogen) atoms. The number of aliphatic hydroxyl groups excluding tert-OH is 1. The summed E-state index contributed by atoms with van der Waals surface area (Å²) in [5.41, 5.74) is -0.0971. The molecule has 0 aliphatic heterocycles. The molecule has 0 bridgehead atoms. The minimum atomic E-state index is -0.0971. The minimum Gasteiger partial charge on any atom is -0.395 e. The first-order valence-corrected chi connectivity index (χ1v) is 5.37. The van der Waals surface area contributed by atoms with E-state index in [0.717, 1.165) is 12.8 Å². The summed E-state index contributed by atoms with van der Waals surface area (Å²) >= 11 is 0. The highest BCUT2D eigenvalue weighted by Crippen LogP contribution is 2.15. The molecule has 86 valence electrons. The van der Waals surface area contributed by atoms with Crippen molar-refractivity contribution in [3.63, 3.8) is 0 Å². The van der Waals surface area contributed by atoms with E-state index >= 15 is 0 Å². The Morgan fingerprint density at radius 3 is 2.36 bits per heavy atom. The van der Waals surface area contributed by atoms with Crippen LogP contribution in [0.5, 0.6) is 0 Å². The highest BCUT2D eigenvalue weighted by molar-refractivity contribution is 4.77. The van der Waals surface area contributed by atoms with E-state index < -0.39 is 0 Å². The maximum atomic E-state index is 9.04. The van der Waals surface area contributed by atoms with Gasteiger partial charge in [0, 0.05) is 19.2 Å². The molecule has 0 aliphatic rings. The molecule has 0 heterocycles. The van der Waals surface area contributed by atoms with E-state index in [-0.39, 0.29) is 18.2 Å². The van der Waals surface area contributed by atoms with E-state index in [9.17, 15) is 0 Å². The number of hydrogen-bond donors (Lipinski definition) is 2. The molecule has 0 fully saturated rings. The van der Waals surface area contributed by atoms with Crippen molar-refractivity contribution in [3.8, 4) is 0 Å². The van der Waals surface area contributed by atoms with Crippen LogP contribution in [0.15, 0.2) is 0 Å². The van der Waals surface area contributed by atoms with Gasteiger partial charge in [0.25, 0.3) is 0 Å². The maximum absolute atomic E-state index is 9.04. The summed E-state index contributed by atoms with van der Waals surface area (Å²) in [5.74, 6) is 0. The quantitative estimate of drug-likeness (QED) is 0.659. The van der Waals surface area contributed by atoms with E-state index in [2.05, 4.69) is 33.0 Å². The number of ether oxygens (including phenoxy) is 1. The van der Waals surface area contributed by atoms with Crippen LogP contribution in [0.1, 0.15) is 40.5 Å². The lowest BCUT2D eigenvalue weighted by molar-refractivity contribution is 0.00695. The maximum Gasteiger partial charge on any atom is 0.0637 e. The molecule has 3 heteroatoms. The number of hydrogen-bond acceptors (Lipinski definition) is 3. The average molecular weight is 203 g/mol. The van der Waals surface area contributed by atoms with Crippen LogP contribution in [0, 0.1) is 0 Å². The zero-order valence-electron chi connectivity index (χ0n) is 10.1. The van der Waals surface area contributed by atoms with Gasteiger partial charge < -0.3 is 15.2 Å². The van der Waals surface area contributed by atoms with Crippen molar-refractivity contribution >= 4 is 0 Å². The lowest BCUT2D eigenvalue weighted by Crippen LogP contribution is -2.42. The second kappa shape index (κ2) is 6.38. The molecule has 3 nitrogen and oxygen atoms in total. The van der Waals surface area contributed by atoms with Gasteiger partial charge in [0.05, 0.1) is 12.2 Å². The molecule has 0 aromatic heterocycles. The van der Waals surface area contributed by atoms with Gasteiger partial charge in [0.15, 0.2) is 0 Å².